The lowest BCUT2D eigenvalue weighted by atomic mass is 10.2. The summed E-state index contributed by atoms with van der Waals surface area (Å²) >= 11 is 5.99. The van der Waals surface area contributed by atoms with Crippen LogP contribution in [0.25, 0.3) is 0 Å². The largest absolute Gasteiger partial charge is 0.389 e. The Morgan fingerprint density at radius 1 is 1.22 bits per heavy atom. The Morgan fingerprint density at radius 3 is 2.70 bits per heavy atom. The van der Waals surface area contributed by atoms with Crippen molar-refractivity contribution in [3.63, 3.8) is 0 Å². The van der Waals surface area contributed by atoms with E-state index in [1.165, 1.54) is 33.8 Å². The molecule has 0 radical (unpaired) electrons. The number of nitrogens with one attached hydrogen (secondary N) is 1. The molecule has 2 aromatic heterocycles. The van der Waals surface area contributed by atoms with Crippen LogP contribution in [-0.2, 0) is 17.9 Å². The van der Waals surface area contributed by atoms with Crippen molar-refractivity contribution in [2.75, 3.05) is 5.32 Å². The number of aryl methyl sites for hydroxylation is 1. The Kier molecular flexibility index (Phi) is 5.46. The van der Waals surface area contributed by atoms with Gasteiger partial charge in [0.2, 0.25) is 5.91 Å². The lowest BCUT2D eigenvalue weighted by Crippen LogP contribution is -2.15. The second-order valence-electron chi connectivity index (χ2n) is 5.59. The smallest absolute Gasteiger partial charge is 0.358 e. The summed E-state index contributed by atoms with van der Waals surface area (Å²) in [5.74, 6) is -0.737. The molecule has 0 aliphatic carbocycles. The first-order valence-electron chi connectivity index (χ1n) is 7.86. The molecule has 140 valence electrons. The number of rotatable bonds is 7. The van der Waals surface area contributed by atoms with Gasteiger partial charge in [-0.15, -0.1) is 0 Å². The first-order valence-corrected chi connectivity index (χ1v) is 8.24. The zero-order valence-electron chi connectivity index (χ0n) is 13.9. The van der Waals surface area contributed by atoms with Crippen molar-refractivity contribution in [2.45, 2.75) is 19.5 Å². The summed E-state index contributed by atoms with van der Waals surface area (Å²) in [5, 5.41) is 21.4. The van der Waals surface area contributed by atoms with Crippen molar-refractivity contribution in [2.24, 2.45) is 0 Å². The van der Waals surface area contributed by atoms with E-state index in [2.05, 4.69) is 15.5 Å². The van der Waals surface area contributed by atoms with Gasteiger partial charge in [-0.05, 0) is 17.1 Å². The van der Waals surface area contributed by atoms with Gasteiger partial charge in [0.1, 0.15) is 5.82 Å². The Labute approximate surface area is 157 Å². The van der Waals surface area contributed by atoms with Crippen LogP contribution >= 0.6 is 11.6 Å². The number of hydrogen-bond acceptors (Lipinski definition) is 5. The van der Waals surface area contributed by atoms with Crippen molar-refractivity contribution in [3.05, 3.63) is 69.2 Å². The average molecular weight is 393 g/mol. The first-order chi connectivity index (χ1) is 12.9. The summed E-state index contributed by atoms with van der Waals surface area (Å²) < 4.78 is 16.6. The van der Waals surface area contributed by atoms with Gasteiger partial charge in [0, 0.05) is 29.3 Å². The number of halogens is 2. The highest BCUT2D eigenvalue weighted by molar-refractivity contribution is 6.31. The Bertz CT molecular complexity index is 966. The molecular weight excluding hydrogens is 379 g/mol. The summed E-state index contributed by atoms with van der Waals surface area (Å²) in [6, 6.07) is 7.25. The average Bonchev–Trinajstić information content (AvgIpc) is 3.26. The zero-order valence-corrected chi connectivity index (χ0v) is 14.6. The van der Waals surface area contributed by atoms with Crippen LogP contribution in [0.2, 0.25) is 5.02 Å². The van der Waals surface area contributed by atoms with E-state index in [0.29, 0.717) is 16.4 Å². The number of carbonyl (C=O) groups excluding carboxylic acids is 1. The van der Waals surface area contributed by atoms with E-state index in [0.717, 1.165) is 0 Å². The number of benzene rings is 1. The number of anilines is 1. The van der Waals surface area contributed by atoms with E-state index in [1.807, 2.05) is 0 Å². The number of amides is 1. The SMILES string of the molecule is O=C(CCn1ccc([N+](=O)[O-])n1)Nc1ccn(Cc2c(F)cccc2Cl)n1. The van der Waals surface area contributed by atoms with Gasteiger partial charge < -0.3 is 15.4 Å². The van der Waals surface area contributed by atoms with Crippen LogP contribution in [0.3, 0.4) is 0 Å². The molecule has 0 aliphatic heterocycles. The van der Waals surface area contributed by atoms with Gasteiger partial charge >= 0.3 is 5.82 Å². The second-order valence-corrected chi connectivity index (χ2v) is 6.00. The number of nitro groups is 1. The minimum Gasteiger partial charge on any atom is -0.358 e. The van der Waals surface area contributed by atoms with Crippen LogP contribution in [0.4, 0.5) is 16.0 Å². The van der Waals surface area contributed by atoms with Crippen LogP contribution in [-0.4, -0.2) is 30.4 Å². The molecule has 3 aromatic rings. The van der Waals surface area contributed by atoms with E-state index in [9.17, 15) is 19.3 Å². The second kappa shape index (κ2) is 7.96. The van der Waals surface area contributed by atoms with Gasteiger partial charge in [-0.25, -0.2) is 4.39 Å². The van der Waals surface area contributed by atoms with Crippen molar-refractivity contribution in [1.29, 1.82) is 0 Å². The van der Waals surface area contributed by atoms with Crippen LogP contribution < -0.4 is 5.32 Å². The van der Waals surface area contributed by atoms with E-state index < -0.39 is 10.7 Å². The number of hydrogen-bond donors (Lipinski definition) is 1. The minimum absolute atomic E-state index is 0.0604. The normalized spacial score (nSPS) is 10.7. The lowest BCUT2D eigenvalue weighted by Gasteiger charge is -2.06. The quantitative estimate of drug-likeness (QED) is 0.491. The Balaban J connectivity index is 1.55. The van der Waals surface area contributed by atoms with Crippen molar-refractivity contribution < 1.29 is 14.1 Å². The maximum atomic E-state index is 13.8. The van der Waals surface area contributed by atoms with Crippen LogP contribution in [0.5, 0.6) is 0 Å². The monoisotopic (exact) mass is 392 g/mol. The molecule has 2 heterocycles. The molecule has 9 nitrogen and oxygen atoms in total. The molecule has 0 bridgehead atoms. The molecule has 0 saturated heterocycles. The molecule has 3 rings (SSSR count). The summed E-state index contributed by atoms with van der Waals surface area (Å²) in [4.78, 5) is 22.0. The fourth-order valence-electron chi connectivity index (χ4n) is 2.36. The van der Waals surface area contributed by atoms with Gasteiger partial charge in [-0.2, -0.15) is 9.78 Å². The molecule has 0 saturated carbocycles. The van der Waals surface area contributed by atoms with Crippen molar-refractivity contribution in [1.82, 2.24) is 19.6 Å². The molecule has 27 heavy (non-hydrogen) atoms. The third-order valence-corrected chi connectivity index (χ3v) is 4.03. The summed E-state index contributed by atoms with van der Waals surface area (Å²) in [6.45, 7) is 0.309. The molecule has 1 N–H and O–H groups in total. The number of carbonyl (C=O) groups is 1. The molecular formula is C16H14ClFN6O3. The van der Waals surface area contributed by atoms with E-state index in [1.54, 1.807) is 18.3 Å². The summed E-state index contributed by atoms with van der Waals surface area (Å²) in [7, 11) is 0. The minimum atomic E-state index is -0.606. The highest BCUT2D eigenvalue weighted by Crippen LogP contribution is 2.20. The first kappa shape index (κ1) is 18.5. The molecule has 0 fully saturated rings. The summed E-state index contributed by atoms with van der Waals surface area (Å²) in [5.41, 5.74) is 0.306. The maximum Gasteiger partial charge on any atom is 0.389 e. The molecule has 11 heteroatoms. The van der Waals surface area contributed by atoms with Crippen LogP contribution in [0.1, 0.15) is 12.0 Å². The fraction of sp³-hybridized carbons (Fsp3) is 0.188. The maximum absolute atomic E-state index is 13.8. The Hall–Kier alpha value is -3.27. The van der Waals surface area contributed by atoms with E-state index in [-0.39, 0.29) is 31.2 Å². The van der Waals surface area contributed by atoms with Gasteiger partial charge in [0.25, 0.3) is 0 Å². The topological polar surface area (TPSA) is 108 Å². The van der Waals surface area contributed by atoms with Crippen molar-refractivity contribution in [3.8, 4) is 0 Å². The molecule has 0 aliphatic rings. The van der Waals surface area contributed by atoms with Gasteiger partial charge in [-0.3, -0.25) is 9.48 Å². The van der Waals surface area contributed by atoms with E-state index >= 15 is 0 Å². The van der Waals surface area contributed by atoms with Crippen LogP contribution in [0.15, 0.2) is 42.7 Å². The predicted octanol–water partition coefficient (Wildman–Crippen LogP) is 2.86. The highest BCUT2D eigenvalue weighted by atomic mass is 35.5. The van der Waals surface area contributed by atoms with Gasteiger partial charge in [0.15, 0.2) is 5.82 Å². The molecule has 1 amide bonds. The fourth-order valence-corrected chi connectivity index (χ4v) is 2.58. The number of nitrogens with zero attached hydrogens (tertiary/aromatic N) is 5. The van der Waals surface area contributed by atoms with Crippen molar-refractivity contribution >= 4 is 29.1 Å². The molecule has 1 aromatic carbocycles. The van der Waals surface area contributed by atoms with E-state index in [4.69, 9.17) is 11.6 Å². The van der Waals surface area contributed by atoms with Gasteiger partial charge in [-0.1, -0.05) is 17.7 Å². The Morgan fingerprint density at radius 2 is 2.00 bits per heavy atom. The predicted molar refractivity (Wildman–Crippen MR) is 94.9 cm³/mol. The third kappa shape index (κ3) is 4.67. The molecule has 0 atom stereocenters. The standard InChI is InChI=1S/C16H14ClFN6O3/c17-12-2-1-3-13(18)11(12)10-23-7-4-14(20-23)19-16(25)6-9-22-8-5-15(21-22)24(26)27/h1-5,7-8H,6,9-10H2,(H,19,20,25). The number of aromatic nitrogens is 4. The van der Waals surface area contributed by atoms with Gasteiger partial charge in [0.05, 0.1) is 30.5 Å². The zero-order chi connectivity index (χ0) is 19.4. The molecule has 0 unspecified atom stereocenters. The lowest BCUT2D eigenvalue weighted by molar-refractivity contribution is -0.389. The highest BCUT2D eigenvalue weighted by Gasteiger charge is 2.13. The van der Waals surface area contributed by atoms with Crippen LogP contribution in [0, 0.1) is 15.9 Å². The molecule has 0 spiro atoms. The summed E-state index contributed by atoms with van der Waals surface area (Å²) in [6.07, 6.45) is 3.08. The third-order valence-electron chi connectivity index (χ3n) is 3.67.